The molecular formula is C20H33NO3. The number of nitrogens with one attached hydrogen (secondary N) is 1. The van der Waals surface area contributed by atoms with Crippen LogP contribution in [0, 0.1) is 0 Å². The summed E-state index contributed by atoms with van der Waals surface area (Å²) < 4.78 is 5.85. The molecule has 0 saturated carbocycles. The van der Waals surface area contributed by atoms with Gasteiger partial charge in [0.2, 0.25) is 0 Å². The Kier molecular flexibility index (Phi) is 10.9. The second-order valence-electron chi connectivity index (χ2n) is 6.51. The number of aliphatic carboxylic acids is 1. The van der Waals surface area contributed by atoms with E-state index < -0.39 is 5.97 Å². The van der Waals surface area contributed by atoms with E-state index in [2.05, 4.69) is 30.4 Å². The molecule has 0 radical (unpaired) electrons. The molecule has 1 aromatic carbocycles. The molecule has 4 nitrogen and oxygen atoms in total. The molecule has 0 bridgehead atoms. The second kappa shape index (κ2) is 12.8. The third-order valence-electron chi connectivity index (χ3n) is 4.24. The summed E-state index contributed by atoms with van der Waals surface area (Å²) in [7, 11) is 1.98. The first-order valence-corrected chi connectivity index (χ1v) is 9.22. The van der Waals surface area contributed by atoms with Crippen molar-refractivity contribution in [3.05, 3.63) is 29.8 Å². The molecule has 0 fully saturated rings. The van der Waals surface area contributed by atoms with Gasteiger partial charge in [-0.15, -0.1) is 0 Å². The van der Waals surface area contributed by atoms with Crippen LogP contribution in [-0.4, -0.2) is 30.8 Å². The molecule has 1 atom stereocenters. The second-order valence-corrected chi connectivity index (χ2v) is 6.51. The standard InChI is InChI=1S/C20H33NO3/c1-17(21-2)15-18-11-10-12-19(16-18)24-14-9-7-5-3-4-6-8-13-20(22)23/h10-12,16-17,21H,3-9,13-15H2,1-2H3,(H,22,23). The van der Waals surface area contributed by atoms with Crippen LogP contribution in [0.4, 0.5) is 0 Å². The fraction of sp³-hybridized carbons (Fsp3) is 0.650. The van der Waals surface area contributed by atoms with Crippen molar-refractivity contribution in [2.24, 2.45) is 0 Å². The number of benzene rings is 1. The fourth-order valence-corrected chi connectivity index (χ4v) is 2.67. The number of ether oxygens (including phenoxy) is 1. The van der Waals surface area contributed by atoms with Gasteiger partial charge in [-0.05, 0) is 50.9 Å². The van der Waals surface area contributed by atoms with E-state index >= 15 is 0 Å². The lowest BCUT2D eigenvalue weighted by Gasteiger charge is -2.12. The number of hydrogen-bond acceptors (Lipinski definition) is 3. The molecule has 136 valence electrons. The predicted octanol–water partition coefficient (Wildman–Crippen LogP) is 4.42. The van der Waals surface area contributed by atoms with Crippen molar-refractivity contribution < 1.29 is 14.6 Å². The minimum Gasteiger partial charge on any atom is -0.494 e. The number of carboxylic acids is 1. The first kappa shape index (κ1) is 20.5. The van der Waals surface area contributed by atoms with Crippen LogP contribution in [0.25, 0.3) is 0 Å². The van der Waals surface area contributed by atoms with Gasteiger partial charge in [-0.25, -0.2) is 0 Å². The normalized spacial score (nSPS) is 12.1. The molecule has 0 aromatic heterocycles. The van der Waals surface area contributed by atoms with Crippen molar-refractivity contribution in [2.75, 3.05) is 13.7 Å². The van der Waals surface area contributed by atoms with Gasteiger partial charge >= 0.3 is 5.97 Å². The Labute approximate surface area is 146 Å². The van der Waals surface area contributed by atoms with E-state index in [-0.39, 0.29) is 0 Å². The molecule has 1 aromatic rings. The summed E-state index contributed by atoms with van der Waals surface area (Å²) in [5.74, 6) is 0.279. The third kappa shape index (κ3) is 10.3. The molecule has 0 aliphatic rings. The van der Waals surface area contributed by atoms with Gasteiger partial charge in [0.25, 0.3) is 0 Å². The van der Waals surface area contributed by atoms with Crippen molar-refractivity contribution >= 4 is 5.97 Å². The largest absolute Gasteiger partial charge is 0.494 e. The first-order valence-electron chi connectivity index (χ1n) is 9.22. The maximum atomic E-state index is 10.4. The maximum absolute atomic E-state index is 10.4. The number of likely N-dealkylation sites (N-methyl/N-ethyl adjacent to an activating group) is 1. The molecule has 0 aliphatic carbocycles. The van der Waals surface area contributed by atoms with Gasteiger partial charge in [0, 0.05) is 12.5 Å². The fourth-order valence-electron chi connectivity index (χ4n) is 2.67. The summed E-state index contributed by atoms with van der Waals surface area (Å²) in [4.78, 5) is 10.4. The van der Waals surface area contributed by atoms with E-state index in [4.69, 9.17) is 9.84 Å². The Morgan fingerprint density at radius 2 is 1.79 bits per heavy atom. The Morgan fingerprint density at radius 1 is 1.12 bits per heavy atom. The monoisotopic (exact) mass is 335 g/mol. The summed E-state index contributed by atoms with van der Waals surface area (Å²) in [5.41, 5.74) is 1.30. The van der Waals surface area contributed by atoms with Crippen LogP contribution in [-0.2, 0) is 11.2 Å². The molecule has 0 amide bonds. The highest BCUT2D eigenvalue weighted by atomic mass is 16.5. The summed E-state index contributed by atoms with van der Waals surface area (Å²) in [6.45, 7) is 2.94. The summed E-state index contributed by atoms with van der Waals surface area (Å²) in [6.07, 6.45) is 8.94. The maximum Gasteiger partial charge on any atom is 0.303 e. The van der Waals surface area contributed by atoms with Gasteiger partial charge in [-0.1, -0.05) is 44.2 Å². The molecule has 2 N–H and O–H groups in total. The van der Waals surface area contributed by atoms with Crippen LogP contribution in [0.2, 0.25) is 0 Å². The molecule has 1 unspecified atom stereocenters. The molecule has 0 aliphatic heterocycles. The van der Waals surface area contributed by atoms with E-state index in [1.807, 2.05) is 13.1 Å². The summed E-state index contributed by atoms with van der Waals surface area (Å²) in [5, 5.41) is 11.8. The molecule has 0 saturated heterocycles. The van der Waals surface area contributed by atoms with Crippen LogP contribution < -0.4 is 10.1 Å². The zero-order valence-electron chi connectivity index (χ0n) is 15.2. The van der Waals surface area contributed by atoms with Crippen molar-refractivity contribution in [1.82, 2.24) is 5.32 Å². The predicted molar refractivity (Wildman–Crippen MR) is 98.7 cm³/mol. The molecule has 24 heavy (non-hydrogen) atoms. The SMILES string of the molecule is CNC(C)Cc1cccc(OCCCCCCCCCC(=O)O)c1. The quantitative estimate of drug-likeness (QED) is 0.494. The number of unbranched alkanes of at least 4 members (excludes halogenated alkanes) is 6. The number of rotatable bonds is 14. The summed E-state index contributed by atoms with van der Waals surface area (Å²) >= 11 is 0. The highest BCUT2D eigenvalue weighted by molar-refractivity contribution is 5.66. The lowest BCUT2D eigenvalue weighted by Crippen LogP contribution is -2.23. The van der Waals surface area contributed by atoms with E-state index in [1.165, 1.54) is 24.8 Å². The van der Waals surface area contributed by atoms with Gasteiger partial charge in [0.15, 0.2) is 0 Å². The minimum absolute atomic E-state index is 0.306. The Bertz CT molecular complexity index is 462. The lowest BCUT2D eigenvalue weighted by molar-refractivity contribution is -0.137. The minimum atomic E-state index is -0.684. The van der Waals surface area contributed by atoms with Crippen LogP contribution in [0.5, 0.6) is 5.75 Å². The van der Waals surface area contributed by atoms with E-state index in [0.717, 1.165) is 44.5 Å². The number of carboxylic acid groups (broad SMARTS) is 1. The molecular weight excluding hydrogens is 302 g/mol. The Balaban J connectivity index is 2.05. The van der Waals surface area contributed by atoms with Crippen LogP contribution in [0.1, 0.15) is 63.9 Å². The van der Waals surface area contributed by atoms with Crippen molar-refractivity contribution in [2.45, 2.75) is 70.8 Å². The molecule has 1 rings (SSSR count). The van der Waals surface area contributed by atoms with Crippen molar-refractivity contribution in [3.8, 4) is 5.75 Å². The van der Waals surface area contributed by atoms with Gasteiger partial charge in [0.1, 0.15) is 5.75 Å². The zero-order chi connectivity index (χ0) is 17.6. The van der Waals surface area contributed by atoms with Crippen molar-refractivity contribution in [3.63, 3.8) is 0 Å². The first-order chi connectivity index (χ1) is 11.6. The third-order valence-corrected chi connectivity index (χ3v) is 4.24. The molecule has 0 spiro atoms. The molecule has 0 heterocycles. The Morgan fingerprint density at radius 3 is 2.46 bits per heavy atom. The van der Waals surface area contributed by atoms with Gasteiger partial charge < -0.3 is 15.2 Å². The van der Waals surface area contributed by atoms with E-state index in [0.29, 0.717) is 12.5 Å². The van der Waals surface area contributed by atoms with Gasteiger partial charge in [-0.2, -0.15) is 0 Å². The van der Waals surface area contributed by atoms with Gasteiger partial charge in [-0.3, -0.25) is 4.79 Å². The highest BCUT2D eigenvalue weighted by Crippen LogP contribution is 2.16. The average Bonchev–Trinajstić information content (AvgIpc) is 2.56. The van der Waals surface area contributed by atoms with Gasteiger partial charge in [0.05, 0.1) is 6.61 Å². The van der Waals surface area contributed by atoms with E-state index in [9.17, 15) is 4.79 Å². The van der Waals surface area contributed by atoms with Crippen LogP contribution in [0.3, 0.4) is 0 Å². The van der Waals surface area contributed by atoms with Crippen molar-refractivity contribution in [1.29, 1.82) is 0 Å². The smallest absolute Gasteiger partial charge is 0.303 e. The van der Waals surface area contributed by atoms with Crippen LogP contribution >= 0.6 is 0 Å². The number of hydrogen-bond donors (Lipinski definition) is 2. The summed E-state index contributed by atoms with van der Waals surface area (Å²) in [6, 6.07) is 8.83. The van der Waals surface area contributed by atoms with Crippen LogP contribution in [0.15, 0.2) is 24.3 Å². The Hall–Kier alpha value is -1.55. The average molecular weight is 335 g/mol. The topological polar surface area (TPSA) is 58.6 Å². The number of carbonyl (C=O) groups is 1. The zero-order valence-corrected chi connectivity index (χ0v) is 15.2. The van der Waals surface area contributed by atoms with E-state index in [1.54, 1.807) is 0 Å². The highest BCUT2D eigenvalue weighted by Gasteiger charge is 2.02. The molecule has 4 heteroatoms. The lowest BCUT2D eigenvalue weighted by atomic mass is 10.1.